The molecule has 0 aliphatic rings. The Morgan fingerprint density at radius 2 is 2.25 bits per heavy atom. The first kappa shape index (κ1) is 12.2. The number of methoxy groups -OCH3 is 1. The Balaban J connectivity index is 2.22. The summed E-state index contributed by atoms with van der Waals surface area (Å²) in [6.07, 6.45) is 1.68. The van der Waals surface area contributed by atoms with Gasteiger partial charge >= 0.3 is 5.97 Å². The summed E-state index contributed by atoms with van der Waals surface area (Å²) < 4.78 is 9.40. The molecule has 1 aromatic rings. The summed E-state index contributed by atoms with van der Waals surface area (Å²) in [5.74, 6) is -0.0581. The Labute approximate surface area is 93.0 Å². The summed E-state index contributed by atoms with van der Waals surface area (Å²) in [6.45, 7) is 2.03. The Kier molecular flexibility index (Phi) is 4.50. The summed E-state index contributed by atoms with van der Waals surface area (Å²) in [5, 5.41) is 2.62. The second-order valence-electron chi connectivity index (χ2n) is 3.21. The molecule has 6 nitrogen and oxygen atoms in total. The van der Waals surface area contributed by atoms with E-state index < -0.39 is 5.97 Å². The molecule has 0 fully saturated rings. The van der Waals surface area contributed by atoms with Crippen molar-refractivity contribution in [3.05, 3.63) is 17.8 Å². The Morgan fingerprint density at radius 3 is 2.81 bits per heavy atom. The third kappa shape index (κ3) is 4.12. The van der Waals surface area contributed by atoms with Crippen LogP contribution in [0.5, 0.6) is 0 Å². The van der Waals surface area contributed by atoms with Gasteiger partial charge in [-0.3, -0.25) is 9.59 Å². The van der Waals surface area contributed by atoms with Gasteiger partial charge in [-0.15, -0.1) is 0 Å². The molecule has 0 aliphatic carbocycles. The highest BCUT2D eigenvalue weighted by Crippen LogP contribution is 2.00. The fraction of sp³-hybridized carbons (Fsp3) is 0.500. The van der Waals surface area contributed by atoms with Crippen LogP contribution in [0.4, 0.5) is 0 Å². The number of aromatic nitrogens is 1. The molecule has 0 saturated carbocycles. The number of amides is 1. The van der Waals surface area contributed by atoms with Gasteiger partial charge in [0.2, 0.25) is 5.91 Å². The van der Waals surface area contributed by atoms with Crippen molar-refractivity contribution < 1.29 is 18.7 Å². The molecule has 0 saturated heterocycles. The summed E-state index contributed by atoms with van der Waals surface area (Å²) in [6, 6.07) is 0. The van der Waals surface area contributed by atoms with E-state index in [1.807, 2.05) is 0 Å². The van der Waals surface area contributed by atoms with Gasteiger partial charge in [0.1, 0.15) is 6.26 Å². The normalized spacial score (nSPS) is 9.88. The molecule has 6 heteroatoms. The fourth-order valence-electron chi connectivity index (χ4n) is 1.08. The molecule has 0 spiro atoms. The quantitative estimate of drug-likeness (QED) is 0.741. The smallest absolute Gasteiger partial charge is 0.306 e. The lowest BCUT2D eigenvalue weighted by molar-refractivity contribution is -0.142. The van der Waals surface area contributed by atoms with Crippen LogP contribution in [0.15, 0.2) is 10.7 Å². The molecular formula is C10H14N2O4. The molecule has 1 rings (SSSR count). The monoisotopic (exact) mass is 226 g/mol. The van der Waals surface area contributed by atoms with Crippen LogP contribution >= 0.6 is 0 Å². The van der Waals surface area contributed by atoms with Gasteiger partial charge in [-0.25, -0.2) is 4.98 Å². The summed E-state index contributed by atoms with van der Waals surface area (Å²) >= 11 is 0. The van der Waals surface area contributed by atoms with Crippen LogP contribution < -0.4 is 5.32 Å². The van der Waals surface area contributed by atoms with E-state index in [2.05, 4.69) is 15.0 Å². The fourth-order valence-corrected chi connectivity index (χ4v) is 1.08. The highest BCUT2D eigenvalue weighted by atomic mass is 16.5. The number of rotatable bonds is 5. The molecule has 1 amide bonds. The SMILES string of the molecule is COC(=O)CCC(=O)NCc1coc(C)n1. The molecule has 0 aromatic carbocycles. The van der Waals surface area contributed by atoms with Gasteiger partial charge in [-0.05, 0) is 0 Å². The van der Waals surface area contributed by atoms with Crippen molar-refractivity contribution in [2.75, 3.05) is 7.11 Å². The summed E-state index contributed by atoms with van der Waals surface area (Å²) in [7, 11) is 1.29. The van der Waals surface area contributed by atoms with Gasteiger partial charge in [0, 0.05) is 13.3 Å². The number of nitrogens with one attached hydrogen (secondary N) is 1. The predicted molar refractivity (Wildman–Crippen MR) is 54.3 cm³/mol. The number of hydrogen-bond donors (Lipinski definition) is 1. The number of esters is 1. The highest BCUT2D eigenvalue weighted by Gasteiger charge is 2.07. The van der Waals surface area contributed by atoms with Crippen molar-refractivity contribution in [1.29, 1.82) is 0 Å². The Morgan fingerprint density at radius 1 is 1.50 bits per heavy atom. The average Bonchev–Trinajstić information content (AvgIpc) is 2.69. The van der Waals surface area contributed by atoms with Crippen LogP contribution in [-0.2, 0) is 20.9 Å². The van der Waals surface area contributed by atoms with Crippen LogP contribution in [0.3, 0.4) is 0 Å². The third-order valence-electron chi connectivity index (χ3n) is 1.92. The van der Waals surface area contributed by atoms with Gasteiger partial charge in [0.05, 0.1) is 25.8 Å². The zero-order valence-corrected chi connectivity index (χ0v) is 9.28. The van der Waals surface area contributed by atoms with E-state index in [4.69, 9.17) is 4.42 Å². The molecule has 88 valence electrons. The topological polar surface area (TPSA) is 81.4 Å². The molecule has 0 atom stereocenters. The first-order valence-corrected chi connectivity index (χ1v) is 4.86. The van der Waals surface area contributed by atoms with Gasteiger partial charge in [-0.2, -0.15) is 0 Å². The molecule has 1 heterocycles. The highest BCUT2D eigenvalue weighted by molar-refractivity contribution is 5.81. The van der Waals surface area contributed by atoms with Crippen molar-refractivity contribution >= 4 is 11.9 Å². The Bertz CT molecular complexity index is 373. The number of ether oxygens (including phenoxy) is 1. The van der Waals surface area contributed by atoms with E-state index in [0.29, 0.717) is 18.1 Å². The van der Waals surface area contributed by atoms with E-state index in [1.165, 1.54) is 13.4 Å². The van der Waals surface area contributed by atoms with E-state index >= 15 is 0 Å². The average molecular weight is 226 g/mol. The lowest BCUT2D eigenvalue weighted by atomic mass is 10.3. The molecule has 16 heavy (non-hydrogen) atoms. The van der Waals surface area contributed by atoms with E-state index in [9.17, 15) is 9.59 Å². The van der Waals surface area contributed by atoms with Crippen molar-refractivity contribution in [2.24, 2.45) is 0 Å². The summed E-state index contributed by atoms with van der Waals surface area (Å²) in [4.78, 5) is 26.1. The maximum Gasteiger partial charge on any atom is 0.306 e. The van der Waals surface area contributed by atoms with E-state index in [-0.39, 0.29) is 18.7 Å². The van der Waals surface area contributed by atoms with Crippen molar-refractivity contribution in [3.63, 3.8) is 0 Å². The van der Waals surface area contributed by atoms with Gasteiger partial charge in [-0.1, -0.05) is 0 Å². The molecule has 1 N–H and O–H groups in total. The minimum Gasteiger partial charge on any atom is -0.469 e. The molecule has 0 unspecified atom stereocenters. The maximum atomic E-state index is 11.3. The third-order valence-corrected chi connectivity index (χ3v) is 1.92. The number of nitrogens with zero attached hydrogens (tertiary/aromatic N) is 1. The van der Waals surface area contributed by atoms with Crippen LogP contribution in [0.25, 0.3) is 0 Å². The minimum absolute atomic E-state index is 0.0835. The van der Waals surface area contributed by atoms with Gasteiger partial charge < -0.3 is 14.5 Å². The lowest BCUT2D eigenvalue weighted by Gasteiger charge is -2.01. The number of carbonyl (C=O) groups excluding carboxylic acids is 2. The predicted octanol–water partition coefficient (Wildman–Crippen LogP) is 0.552. The second-order valence-corrected chi connectivity index (χ2v) is 3.21. The largest absolute Gasteiger partial charge is 0.469 e. The molecule has 0 radical (unpaired) electrons. The van der Waals surface area contributed by atoms with Crippen LogP contribution in [-0.4, -0.2) is 24.0 Å². The molecule has 0 aliphatic heterocycles. The zero-order chi connectivity index (χ0) is 12.0. The van der Waals surface area contributed by atoms with Crippen molar-refractivity contribution in [3.8, 4) is 0 Å². The molecule has 0 bridgehead atoms. The number of hydrogen-bond acceptors (Lipinski definition) is 5. The van der Waals surface area contributed by atoms with Crippen LogP contribution in [0.2, 0.25) is 0 Å². The van der Waals surface area contributed by atoms with Crippen molar-refractivity contribution in [2.45, 2.75) is 26.3 Å². The standard InChI is InChI=1S/C10H14N2O4/c1-7-12-8(6-16-7)5-11-9(13)3-4-10(14)15-2/h6H,3-5H2,1-2H3,(H,11,13). The first-order valence-electron chi connectivity index (χ1n) is 4.86. The minimum atomic E-state index is -0.396. The number of aryl methyl sites for hydroxylation is 1. The van der Waals surface area contributed by atoms with Crippen molar-refractivity contribution in [1.82, 2.24) is 10.3 Å². The van der Waals surface area contributed by atoms with Gasteiger partial charge in [0.25, 0.3) is 0 Å². The van der Waals surface area contributed by atoms with Crippen LogP contribution in [0, 0.1) is 6.92 Å². The van der Waals surface area contributed by atoms with Crippen LogP contribution in [0.1, 0.15) is 24.4 Å². The van der Waals surface area contributed by atoms with E-state index in [1.54, 1.807) is 6.92 Å². The van der Waals surface area contributed by atoms with E-state index in [0.717, 1.165) is 0 Å². The Hall–Kier alpha value is -1.85. The first-order chi connectivity index (χ1) is 7.61. The number of carbonyl (C=O) groups is 2. The molecule has 1 aromatic heterocycles. The number of oxazole rings is 1. The molecular weight excluding hydrogens is 212 g/mol. The second kappa shape index (κ2) is 5.89. The van der Waals surface area contributed by atoms with Gasteiger partial charge in [0.15, 0.2) is 5.89 Å². The zero-order valence-electron chi connectivity index (χ0n) is 9.28. The maximum absolute atomic E-state index is 11.3. The summed E-state index contributed by atoms with van der Waals surface area (Å²) in [5.41, 5.74) is 0.656. The lowest BCUT2D eigenvalue weighted by Crippen LogP contribution is -2.23.